The maximum Gasteiger partial charge on any atom is 0.220 e. The first-order valence-corrected chi connectivity index (χ1v) is 7.72. The third kappa shape index (κ3) is 2.93. The molecule has 2 atom stereocenters. The number of carbonyl (C=O) groups excluding carboxylic acids is 1. The largest absolute Gasteiger partial charge is 0.351 e. The topological polar surface area (TPSA) is 41.1 Å². The fraction of sp³-hybridized carbons (Fsp3) is 0.643. The van der Waals surface area contributed by atoms with Gasteiger partial charge in [0.05, 0.1) is 6.54 Å². The molecule has 2 bridgehead atoms. The normalized spacial score (nSPS) is 30.3. The number of hydrogen-bond donors (Lipinski definition) is 2. The highest BCUT2D eigenvalue weighted by atomic mass is 32.1. The fourth-order valence-corrected chi connectivity index (χ4v) is 3.92. The number of nitrogens with one attached hydrogen (secondary N) is 2. The molecule has 0 radical (unpaired) electrons. The average Bonchev–Trinajstić information content (AvgIpc) is 2.97. The van der Waals surface area contributed by atoms with E-state index in [9.17, 15) is 4.79 Å². The van der Waals surface area contributed by atoms with E-state index in [2.05, 4.69) is 16.7 Å². The van der Waals surface area contributed by atoms with Crippen molar-refractivity contribution in [3.05, 3.63) is 22.4 Å². The van der Waals surface area contributed by atoms with E-state index in [1.165, 1.54) is 30.6 Å². The van der Waals surface area contributed by atoms with Crippen molar-refractivity contribution in [3.63, 3.8) is 0 Å². The van der Waals surface area contributed by atoms with Gasteiger partial charge in [0.1, 0.15) is 0 Å². The Kier molecular flexibility index (Phi) is 3.66. The molecule has 2 N–H and O–H groups in total. The summed E-state index contributed by atoms with van der Waals surface area (Å²) in [5, 5.41) is 8.70. The summed E-state index contributed by atoms with van der Waals surface area (Å²) in [7, 11) is 0. The summed E-state index contributed by atoms with van der Waals surface area (Å²) in [4.78, 5) is 13.1. The van der Waals surface area contributed by atoms with Gasteiger partial charge in [-0.15, -0.1) is 11.3 Å². The van der Waals surface area contributed by atoms with Crippen LogP contribution in [0.1, 0.15) is 37.0 Å². The van der Waals surface area contributed by atoms with E-state index in [0.717, 1.165) is 0 Å². The van der Waals surface area contributed by atoms with E-state index in [0.29, 0.717) is 31.0 Å². The van der Waals surface area contributed by atoms with Gasteiger partial charge in [0.25, 0.3) is 0 Å². The maximum atomic E-state index is 11.9. The van der Waals surface area contributed by atoms with Gasteiger partial charge in [0, 0.05) is 23.4 Å². The van der Waals surface area contributed by atoms with Crippen molar-refractivity contribution >= 4 is 17.2 Å². The Bertz CT molecular complexity index is 392. The lowest BCUT2D eigenvalue weighted by molar-refractivity contribution is -0.122. The first-order chi connectivity index (χ1) is 8.79. The number of fused-ring (bicyclic) bond motifs is 2. The van der Waals surface area contributed by atoms with Crippen molar-refractivity contribution in [2.24, 2.45) is 5.92 Å². The van der Waals surface area contributed by atoms with Crippen LogP contribution in [-0.2, 0) is 11.3 Å². The van der Waals surface area contributed by atoms with Crippen LogP contribution in [0, 0.1) is 5.92 Å². The van der Waals surface area contributed by atoms with E-state index in [1.807, 2.05) is 11.4 Å². The molecule has 1 amide bonds. The second kappa shape index (κ2) is 5.41. The van der Waals surface area contributed by atoms with Crippen LogP contribution in [0.3, 0.4) is 0 Å². The number of carbonyl (C=O) groups is 1. The first kappa shape index (κ1) is 12.2. The van der Waals surface area contributed by atoms with Gasteiger partial charge in [-0.05, 0) is 43.0 Å². The lowest BCUT2D eigenvalue weighted by Gasteiger charge is -2.28. The summed E-state index contributed by atoms with van der Waals surface area (Å²) < 4.78 is 0. The second-order valence-corrected chi connectivity index (χ2v) is 6.57. The van der Waals surface area contributed by atoms with E-state index in [1.54, 1.807) is 11.3 Å². The standard InChI is InChI=1S/C14H20N2OS/c17-14(15-9-13-2-1-5-18-13)8-10-6-11-3-4-12(7-10)16-11/h1-2,5,10-12,16H,3-4,6-9H2,(H,15,17). The van der Waals surface area contributed by atoms with Gasteiger partial charge in [0.15, 0.2) is 0 Å². The van der Waals surface area contributed by atoms with Gasteiger partial charge >= 0.3 is 0 Å². The summed E-state index contributed by atoms with van der Waals surface area (Å²) in [6.45, 7) is 0.689. The SMILES string of the molecule is O=C(CC1CC2CCC(C1)N2)NCc1cccs1. The Balaban J connectivity index is 1.43. The number of amides is 1. The molecule has 3 heterocycles. The Morgan fingerprint density at radius 3 is 2.83 bits per heavy atom. The van der Waals surface area contributed by atoms with Crippen LogP contribution < -0.4 is 10.6 Å². The predicted molar refractivity (Wildman–Crippen MR) is 73.5 cm³/mol. The van der Waals surface area contributed by atoms with E-state index in [4.69, 9.17) is 0 Å². The summed E-state index contributed by atoms with van der Waals surface area (Å²) in [6, 6.07) is 5.45. The van der Waals surface area contributed by atoms with E-state index >= 15 is 0 Å². The molecule has 2 fully saturated rings. The van der Waals surface area contributed by atoms with Crippen molar-refractivity contribution in [2.75, 3.05) is 0 Å². The number of hydrogen-bond acceptors (Lipinski definition) is 3. The molecule has 2 saturated heterocycles. The van der Waals surface area contributed by atoms with Crippen molar-refractivity contribution in [1.82, 2.24) is 10.6 Å². The maximum absolute atomic E-state index is 11.9. The highest BCUT2D eigenvalue weighted by Crippen LogP contribution is 2.32. The molecule has 0 saturated carbocycles. The lowest BCUT2D eigenvalue weighted by atomic mass is 9.89. The van der Waals surface area contributed by atoms with Gasteiger partial charge in [-0.2, -0.15) is 0 Å². The van der Waals surface area contributed by atoms with E-state index in [-0.39, 0.29) is 5.91 Å². The molecule has 0 spiro atoms. The summed E-state index contributed by atoms with van der Waals surface area (Å²) >= 11 is 1.70. The predicted octanol–water partition coefficient (Wildman–Crippen LogP) is 2.29. The minimum absolute atomic E-state index is 0.217. The number of rotatable bonds is 4. The van der Waals surface area contributed by atoms with Crippen molar-refractivity contribution < 1.29 is 4.79 Å². The van der Waals surface area contributed by atoms with Crippen LogP contribution in [0.4, 0.5) is 0 Å². The minimum Gasteiger partial charge on any atom is -0.351 e. The molecule has 0 aliphatic carbocycles. The zero-order valence-corrected chi connectivity index (χ0v) is 11.3. The van der Waals surface area contributed by atoms with Gasteiger partial charge in [-0.3, -0.25) is 4.79 Å². The zero-order valence-electron chi connectivity index (χ0n) is 10.5. The number of piperidine rings is 1. The highest BCUT2D eigenvalue weighted by Gasteiger charge is 2.33. The molecule has 3 nitrogen and oxygen atoms in total. The van der Waals surface area contributed by atoms with Gasteiger partial charge in [-0.1, -0.05) is 6.07 Å². The molecular weight excluding hydrogens is 244 g/mol. The summed E-state index contributed by atoms with van der Waals surface area (Å²) in [5.74, 6) is 0.807. The van der Waals surface area contributed by atoms with Crippen LogP contribution in [0.2, 0.25) is 0 Å². The monoisotopic (exact) mass is 264 g/mol. The molecule has 0 aromatic carbocycles. The third-order valence-electron chi connectivity index (χ3n) is 4.08. The average molecular weight is 264 g/mol. The van der Waals surface area contributed by atoms with Crippen molar-refractivity contribution in [1.29, 1.82) is 0 Å². The quantitative estimate of drug-likeness (QED) is 0.876. The molecule has 2 unspecified atom stereocenters. The Morgan fingerprint density at radius 1 is 1.39 bits per heavy atom. The Morgan fingerprint density at radius 2 is 2.17 bits per heavy atom. The van der Waals surface area contributed by atoms with Crippen LogP contribution >= 0.6 is 11.3 Å². The Labute approximate surface area is 112 Å². The second-order valence-electron chi connectivity index (χ2n) is 5.54. The smallest absolute Gasteiger partial charge is 0.220 e. The molecule has 4 heteroatoms. The van der Waals surface area contributed by atoms with E-state index < -0.39 is 0 Å². The van der Waals surface area contributed by atoms with Crippen LogP contribution in [0.15, 0.2) is 17.5 Å². The van der Waals surface area contributed by atoms with Gasteiger partial charge in [0.2, 0.25) is 5.91 Å². The molecule has 18 heavy (non-hydrogen) atoms. The molecule has 1 aromatic heterocycles. The Hall–Kier alpha value is -0.870. The van der Waals surface area contributed by atoms with Crippen molar-refractivity contribution in [3.8, 4) is 0 Å². The molecule has 98 valence electrons. The molecule has 2 aliphatic rings. The minimum atomic E-state index is 0.217. The fourth-order valence-electron chi connectivity index (χ4n) is 3.28. The molecular formula is C14H20N2OS. The summed E-state index contributed by atoms with van der Waals surface area (Å²) in [5.41, 5.74) is 0. The van der Waals surface area contributed by atoms with Crippen LogP contribution in [0.5, 0.6) is 0 Å². The van der Waals surface area contributed by atoms with Crippen LogP contribution in [0.25, 0.3) is 0 Å². The van der Waals surface area contributed by atoms with Gasteiger partial charge in [-0.25, -0.2) is 0 Å². The highest BCUT2D eigenvalue weighted by molar-refractivity contribution is 7.09. The zero-order chi connectivity index (χ0) is 12.4. The van der Waals surface area contributed by atoms with Crippen molar-refractivity contribution in [2.45, 2.75) is 50.7 Å². The first-order valence-electron chi connectivity index (χ1n) is 6.85. The van der Waals surface area contributed by atoms with Crippen LogP contribution in [-0.4, -0.2) is 18.0 Å². The molecule has 1 aromatic rings. The number of thiophene rings is 1. The van der Waals surface area contributed by atoms with Gasteiger partial charge < -0.3 is 10.6 Å². The summed E-state index contributed by atoms with van der Waals surface area (Å²) in [6.07, 6.45) is 5.68. The lowest BCUT2D eigenvalue weighted by Crippen LogP contribution is -2.39. The molecule has 3 rings (SSSR count). The third-order valence-corrected chi connectivity index (χ3v) is 4.96. The molecule has 2 aliphatic heterocycles.